The molecule has 0 N–H and O–H groups in total. The van der Waals surface area contributed by atoms with E-state index in [1.807, 2.05) is 0 Å². The van der Waals surface area contributed by atoms with Gasteiger partial charge >= 0.3 is 0 Å². The van der Waals surface area contributed by atoms with E-state index in [1.54, 1.807) is 0 Å². The molecule has 2 fully saturated rings. The second-order valence-corrected chi connectivity index (χ2v) is 6.50. The van der Waals surface area contributed by atoms with Gasteiger partial charge in [0.15, 0.2) is 0 Å². The summed E-state index contributed by atoms with van der Waals surface area (Å²) in [6, 6.07) is 2.47. The van der Waals surface area contributed by atoms with E-state index in [2.05, 4.69) is 24.8 Å². The van der Waals surface area contributed by atoms with Gasteiger partial charge in [0.05, 0.1) is 11.5 Å². The number of hydrogen-bond donors (Lipinski definition) is 0. The quantitative estimate of drug-likeness (QED) is 0.709. The first-order valence-corrected chi connectivity index (χ1v) is 6.80. The van der Waals surface area contributed by atoms with Crippen LogP contribution in [0.15, 0.2) is 0 Å². The summed E-state index contributed by atoms with van der Waals surface area (Å²) in [4.78, 5) is 0. The van der Waals surface area contributed by atoms with E-state index in [1.165, 1.54) is 31.4 Å². The second-order valence-electron chi connectivity index (χ2n) is 5.17. The molecule has 0 aromatic rings. The Kier molecular flexibility index (Phi) is 3.07. The monoisotopic (exact) mass is 209 g/mol. The lowest BCUT2D eigenvalue weighted by atomic mass is 9.87. The number of nitriles is 1. The van der Waals surface area contributed by atoms with Crippen LogP contribution in [0.3, 0.4) is 0 Å². The predicted octanol–water partition coefficient (Wildman–Crippen LogP) is 3.60. The van der Waals surface area contributed by atoms with Crippen molar-refractivity contribution in [1.29, 1.82) is 5.26 Å². The molecule has 2 atom stereocenters. The third-order valence-corrected chi connectivity index (χ3v) is 5.30. The van der Waals surface area contributed by atoms with Gasteiger partial charge in [0.25, 0.3) is 0 Å². The molecular weight excluding hydrogens is 190 g/mol. The minimum atomic E-state index is -0.00270. The second kappa shape index (κ2) is 4.14. The van der Waals surface area contributed by atoms with Gasteiger partial charge in [-0.1, -0.05) is 6.42 Å². The van der Waals surface area contributed by atoms with Crippen LogP contribution in [-0.4, -0.2) is 11.0 Å². The molecule has 0 amide bonds. The molecule has 14 heavy (non-hydrogen) atoms. The van der Waals surface area contributed by atoms with E-state index in [4.69, 9.17) is 5.26 Å². The van der Waals surface area contributed by atoms with Gasteiger partial charge in [0.2, 0.25) is 0 Å². The molecule has 2 aliphatic carbocycles. The highest BCUT2D eigenvalue weighted by atomic mass is 32.2. The van der Waals surface area contributed by atoms with E-state index >= 15 is 0 Å². The van der Waals surface area contributed by atoms with E-state index in [-0.39, 0.29) is 5.41 Å². The maximum atomic E-state index is 9.02. The summed E-state index contributed by atoms with van der Waals surface area (Å²) in [5, 5.41) is 9.80. The van der Waals surface area contributed by atoms with Gasteiger partial charge in [0, 0.05) is 5.25 Å². The number of rotatable bonds is 3. The van der Waals surface area contributed by atoms with Crippen LogP contribution in [0, 0.1) is 22.7 Å². The third-order valence-electron chi connectivity index (χ3n) is 3.76. The topological polar surface area (TPSA) is 23.8 Å². The van der Waals surface area contributed by atoms with Crippen molar-refractivity contribution in [2.75, 3.05) is 5.75 Å². The third kappa shape index (κ3) is 2.25. The van der Waals surface area contributed by atoms with Crippen molar-refractivity contribution >= 4 is 11.8 Å². The summed E-state index contributed by atoms with van der Waals surface area (Å²) in [7, 11) is 0. The Bertz CT molecular complexity index is 241. The molecule has 2 heteroatoms. The molecule has 78 valence electrons. The van der Waals surface area contributed by atoms with Crippen LogP contribution in [0.25, 0.3) is 0 Å². The highest BCUT2D eigenvalue weighted by Crippen LogP contribution is 2.44. The fourth-order valence-corrected chi connectivity index (χ4v) is 4.01. The van der Waals surface area contributed by atoms with Crippen LogP contribution in [-0.2, 0) is 0 Å². The van der Waals surface area contributed by atoms with Crippen molar-refractivity contribution in [1.82, 2.24) is 0 Å². The van der Waals surface area contributed by atoms with Crippen LogP contribution < -0.4 is 0 Å². The standard InChI is InChI=1S/C12H19NS/c1-12(9-13)6-5-11(7-12)14-8-10-3-2-4-10/h10-11H,2-8H2,1H3/t11-,12-/m0/s1. The van der Waals surface area contributed by atoms with Gasteiger partial charge < -0.3 is 0 Å². The van der Waals surface area contributed by atoms with Crippen LogP contribution in [0.1, 0.15) is 45.4 Å². The molecule has 0 heterocycles. The molecule has 0 aliphatic heterocycles. The molecule has 0 bridgehead atoms. The lowest BCUT2D eigenvalue weighted by molar-refractivity contribution is 0.352. The zero-order valence-corrected chi connectivity index (χ0v) is 9.78. The predicted molar refractivity (Wildman–Crippen MR) is 61.2 cm³/mol. The first-order chi connectivity index (χ1) is 6.72. The van der Waals surface area contributed by atoms with Crippen molar-refractivity contribution in [3.05, 3.63) is 0 Å². The highest BCUT2D eigenvalue weighted by molar-refractivity contribution is 7.99. The van der Waals surface area contributed by atoms with Gasteiger partial charge in [-0.05, 0) is 50.7 Å². The maximum absolute atomic E-state index is 9.02. The Hall–Kier alpha value is -0.160. The fourth-order valence-electron chi connectivity index (χ4n) is 2.36. The number of thioether (sulfide) groups is 1. The van der Waals surface area contributed by atoms with Gasteiger partial charge in [-0.2, -0.15) is 17.0 Å². The van der Waals surface area contributed by atoms with Gasteiger partial charge in [-0.3, -0.25) is 0 Å². The molecule has 1 nitrogen and oxygen atoms in total. The lowest BCUT2D eigenvalue weighted by Gasteiger charge is -2.26. The van der Waals surface area contributed by atoms with E-state index in [0.29, 0.717) is 0 Å². The number of hydrogen-bond acceptors (Lipinski definition) is 2. The Morgan fingerprint density at radius 2 is 2.21 bits per heavy atom. The molecule has 2 rings (SSSR count). The molecule has 2 saturated carbocycles. The normalized spacial score (nSPS) is 37.9. The van der Waals surface area contributed by atoms with Crippen LogP contribution in [0.2, 0.25) is 0 Å². The van der Waals surface area contributed by atoms with Crippen molar-refractivity contribution in [2.45, 2.75) is 50.7 Å². The Morgan fingerprint density at radius 1 is 1.43 bits per heavy atom. The van der Waals surface area contributed by atoms with Crippen molar-refractivity contribution in [3.63, 3.8) is 0 Å². The minimum Gasteiger partial charge on any atom is -0.198 e. The summed E-state index contributed by atoms with van der Waals surface area (Å²) < 4.78 is 0. The summed E-state index contributed by atoms with van der Waals surface area (Å²) in [5.74, 6) is 2.36. The zero-order chi connectivity index (χ0) is 10.0. The van der Waals surface area contributed by atoms with E-state index in [9.17, 15) is 0 Å². The molecule has 0 radical (unpaired) electrons. The SMILES string of the molecule is C[C@]1(C#N)CC[C@H](SCC2CCC2)C1. The van der Waals surface area contributed by atoms with Crippen LogP contribution in [0.5, 0.6) is 0 Å². The van der Waals surface area contributed by atoms with Gasteiger partial charge in [-0.25, -0.2) is 0 Å². The fraction of sp³-hybridized carbons (Fsp3) is 0.917. The zero-order valence-electron chi connectivity index (χ0n) is 8.96. The molecule has 2 aliphatic rings. The maximum Gasteiger partial charge on any atom is 0.0687 e. The first kappa shape index (κ1) is 10.4. The van der Waals surface area contributed by atoms with Gasteiger partial charge in [-0.15, -0.1) is 0 Å². The molecule has 0 saturated heterocycles. The molecule has 0 aromatic carbocycles. The molecule has 0 unspecified atom stereocenters. The van der Waals surface area contributed by atoms with Crippen molar-refractivity contribution in [2.24, 2.45) is 11.3 Å². The first-order valence-electron chi connectivity index (χ1n) is 5.75. The van der Waals surface area contributed by atoms with E-state index in [0.717, 1.165) is 24.0 Å². The van der Waals surface area contributed by atoms with Crippen LogP contribution in [0.4, 0.5) is 0 Å². The smallest absolute Gasteiger partial charge is 0.0687 e. The summed E-state index contributed by atoms with van der Waals surface area (Å²) >= 11 is 2.13. The Labute approximate surface area is 91.3 Å². The summed E-state index contributed by atoms with van der Waals surface area (Å²) in [5.41, 5.74) is -0.00270. The summed E-state index contributed by atoms with van der Waals surface area (Å²) in [6.45, 7) is 2.12. The minimum absolute atomic E-state index is 0.00270. The molecule has 0 aromatic heterocycles. The lowest BCUT2D eigenvalue weighted by Crippen LogP contribution is -2.15. The number of nitrogens with zero attached hydrogens (tertiary/aromatic N) is 1. The Morgan fingerprint density at radius 3 is 2.71 bits per heavy atom. The van der Waals surface area contributed by atoms with E-state index < -0.39 is 0 Å². The van der Waals surface area contributed by atoms with Crippen LogP contribution >= 0.6 is 11.8 Å². The Balaban J connectivity index is 1.70. The highest BCUT2D eigenvalue weighted by Gasteiger charge is 2.35. The van der Waals surface area contributed by atoms with Crippen molar-refractivity contribution in [3.8, 4) is 6.07 Å². The van der Waals surface area contributed by atoms with Crippen molar-refractivity contribution < 1.29 is 0 Å². The largest absolute Gasteiger partial charge is 0.198 e. The molecule has 0 spiro atoms. The van der Waals surface area contributed by atoms with Gasteiger partial charge in [0.1, 0.15) is 0 Å². The summed E-state index contributed by atoms with van der Waals surface area (Å²) in [6.07, 6.45) is 7.87. The molecular formula is C12H19NS. The average molecular weight is 209 g/mol. The average Bonchev–Trinajstić information content (AvgIpc) is 2.46.